The molecular formula is C42H46N8O6. The number of rotatable bonds is 11. The second-order valence-electron chi connectivity index (χ2n) is 16.9. The molecule has 4 saturated carbocycles. The number of carbonyl (C=O) groups excluding carboxylic acids is 4. The largest absolute Gasteiger partial charge is 0.436 e. The Hall–Kier alpha value is -5.66. The number of nitrogens with one attached hydrogen (secondary N) is 2. The number of primary amides is 2. The second-order valence-corrected chi connectivity index (χ2v) is 16.9. The van der Waals surface area contributed by atoms with Crippen LogP contribution in [0.5, 0.6) is 0 Å². The zero-order chi connectivity index (χ0) is 38.6. The number of amides is 4. The van der Waals surface area contributed by atoms with Gasteiger partial charge in [0.25, 0.3) is 11.8 Å². The van der Waals surface area contributed by atoms with Crippen LogP contribution in [0.2, 0.25) is 0 Å². The van der Waals surface area contributed by atoms with Gasteiger partial charge < -0.3 is 40.7 Å². The quantitative estimate of drug-likeness (QED) is 0.146. The summed E-state index contributed by atoms with van der Waals surface area (Å²) in [6.45, 7) is 4.24. The number of aromatic nitrogens is 4. The molecule has 4 aromatic rings. The van der Waals surface area contributed by atoms with Gasteiger partial charge in [0.15, 0.2) is 12.2 Å². The molecule has 290 valence electrons. The average Bonchev–Trinajstić information content (AvgIpc) is 4.14. The van der Waals surface area contributed by atoms with Gasteiger partial charge in [0.1, 0.15) is 11.6 Å². The summed E-state index contributed by atoms with van der Waals surface area (Å²) >= 11 is 0. The Morgan fingerprint density at radius 3 is 1.59 bits per heavy atom. The maximum atomic E-state index is 13.7. The molecule has 6 fully saturated rings. The van der Waals surface area contributed by atoms with E-state index in [1.54, 1.807) is 0 Å². The lowest BCUT2D eigenvalue weighted by atomic mass is 9.92. The zero-order valence-corrected chi connectivity index (χ0v) is 31.4. The molecule has 0 bridgehead atoms. The topological polar surface area (TPSA) is 203 Å². The van der Waals surface area contributed by atoms with Gasteiger partial charge in [-0.05, 0) is 105 Å². The number of hydrogen-bond acceptors (Lipinski definition) is 8. The molecular weight excluding hydrogens is 713 g/mol. The van der Waals surface area contributed by atoms with Gasteiger partial charge in [0.2, 0.25) is 0 Å². The molecule has 14 heteroatoms. The van der Waals surface area contributed by atoms with E-state index in [2.05, 4.69) is 60.2 Å². The Morgan fingerprint density at radius 1 is 0.643 bits per heavy atom. The van der Waals surface area contributed by atoms with Gasteiger partial charge in [-0.3, -0.25) is 9.59 Å². The Kier molecular flexibility index (Phi) is 8.05. The lowest BCUT2D eigenvalue weighted by Crippen LogP contribution is -2.44. The molecule has 4 heterocycles. The van der Waals surface area contributed by atoms with Crippen molar-refractivity contribution in [3.8, 4) is 33.6 Å². The van der Waals surface area contributed by atoms with Crippen molar-refractivity contribution in [2.45, 2.75) is 102 Å². The highest BCUT2D eigenvalue weighted by Gasteiger charge is 2.59. The maximum Gasteiger partial charge on any atom is 0.405 e. The minimum Gasteiger partial charge on any atom is -0.436 e. The summed E-state index contributed by atoms with van der Waals surface area (Å²) in [7, 11) is 0. The van der Waals surface area contributed by atoms with Gasteiger partial charge in [-0.1, -0.05) is 36.4 Å². The monoisotopic (exact) mass is 758 g/mol. The first-order valence-corrected chi connectivity index (χ1v) is 19.9. The lowest BCUT2D eigenvalue weighted by molar-refractivity contribution is -0.144. The van der Waals surface area contributed by atoms with Crippen LogP contribution in [0.1, 0.15) is 86.2 Å². The SMILES string of the molecule is Cc1c(-c2ccc(-c3cnc([C@@H]4C[C@@H]5CC5N4C(=O)[C@@H](OC(N)=O)C4CC4)[nH]3)cc2)ccc(-c2cnc([C@@H]3C[C@@H]4CC4N3C(=O)[C@@H](OC(N)=O)C3CC3)[nH]2)c1C. The van der Waals surface area contributed by atoms with Crippen LogP contribution < -0.4 is 11.5 Å². The number of imidazole rings is 2. The summed E-state index contributed by atoms with van der Waals surface area (Å²) in [5.74, 6) is 2.12. The Bertz CT molecular complexity index is 2260. The average molecular weight is 759 g/mol. The molecule has 10 rings (SSSR count). The van der Waals surface area contributed by atoms with Crippen molar-refractivity contribution in [3.05, 3.63) is 71.6 Å². The smallest absolute Gasteiger partial charge is 0.405 e. The number of hydrogen-bond donors (Lipinski definition) is 4. The fourth-order valence-electron chi connectivity index (χ4n) is 9.62. The number of likely N-dealkylation sites (tertiary alicyclic amines) is 2. The van der Waals surface area contributed by atoms with Crippen molar-refractivity contribution in [1.82, 2.24) is 29.7 Å². The molecule has 0 radical (unpaired) electrons. The summed E-state index contributed by atoms with van der Waals surface area (Å²) < 4.78 is 10.6. The predicted octanol–water partition coefficient (Wildman–Crippen LogP) is 5.82. The molecule has 2 aromatic carbocycles. The van der Waals surface area contributed by atoms with E-state index in [0.29, 0.717) is 11.8 Å². The summed E-state index contributed by atoms with van der Waals surface area (Å²) in [5.41, 5.74) is 19.0. The van der Waals surface area contributed by atoms with Crippen LogP contribution in [0.25, 0.3) is 33.6 Å². The Balaban J connectivity index is 0.843. The number of carbonyl (C=O) groups is 4. The first-order chi connectivity index (χ1) is 27.0. The van der Waals surface area contributed by atoms with Crippen LogP contribution in [0, 0.1) is 37.5 Å². The second kappa shape index (κ2) is 13.0. The van der Waals surface area contributed by atoms with E-state index in [-0.39, 0.29) is 47.8 Å². The Morgan fingerprint density at radius 2 is 1.09 bits per heavy atom. The molecule has 8 atom stereocenters. The molecule has 4 amide bonds. The van der Waals surface area contributed by atoms with Gasteiger partial charge in [-0.15, -0.1) is 0 Å². The summed E-state index contributed by atoms with van der Waals surface area (Å²) in [5, 5.41) is 0. The van der Waals surface area contributed by atoms with Crippen molar-refractivity contribution in [1.29, 1.82) is 0 Å². The number of piperidine rings is 2. The van der Waals surface area contributed by atoms with Gasteiger partial charge >= 0.3 is 12.2 Å². The van der Waals surface area contributed by atoms with Gasteiger partial charge in [0.05, 0.1) is 35.9 Å². The number of fused-ring (bicyclic) bond motifs is 2. The standard InChI is InChI=1S/C42H46N8O6/c1-19-20(2)28(30-18-46-38(48-30)34-16-26-14-32(26)50(34)40(52)36(24-9-10-24)56-42(44)54)12-11-27(19)21-3-5-22(6-4-21)29-17-45-37(47-29)33-15-25-13-31(25)49(33)39(51)35(23-7-8-23)55-41(43)53/h3-6,11-12,17-18,23-26,31-36H,7-10,13-16H2,1-2H3,(H2,43,53)(H2,44,54)(H,45,47)(H,46,48)/t25-,26-,31?,32?,33-,34-,35-,36-/m0/s1. The van der Waals surface area contributed by atoms with Crippen molar-refractivity contribution < 1.29 is 28.7 Å². The highest BCUT2D eigenvalue weighted by molar-refractivity contribution is 5.86. The molecule has 6 N–H and O–H groups in total. The minimum absolute atomic E-state index is 0.0363. The van der Waals surface area contributed by atoms with Gasteiger partial charge in [-0.2, -0.15) is 0 Å². The van der Waals surface area contributed by atoms with Crippen LogP contribution >= 0.6 is 0 Å². The minimum atomic E-state index is -0.911. The molecule has 2 unspecified atom stereocenters. The molecule has 56 heavy (non-hydrogen) atoms. The number of ether oxygens (including phenoxy) is 2. The lowest BCUT2D eigenvalue weighted by Gasteiger charge is -2.29. The highest BCUT2D eigenvalue weighted by atomic mass is 16.6. The fourth-order valence-corrected chi connectivity index (χ4v) is 9.62. The van der Waals surface area contributed by atoms with Crippen molar-refractivity contribution in [2.24, 2.45) is 35.1 Å². The number of aromatic amines is 2. The summed E-state index contributed by atoms with van der Waals surface area (Å²) in [4.78, 5) is 70.9. The normalized spacial score (nSPS) is 27.0. The molecule has 2 saturated heterocycles. The van der Waals surface area contributed by atoms with E-state index in [4.69, 9.17) is 30.9 Å². The number of H-pyrrole nitrogens is 2. The van der Waals surface area contributed by atoms with E-state index >= 15 is 0 Å². The number of nitrogens with two attached hydrogens (primary N) is 2. The Labute approximate surface area is 323 Å². The van der Waals surface area contributed by atoms with E-state index < -0.39 is 24.4 Å². The third-order valence-corrected chi connectivity index (χ3v) is 13.2. The number of benzene rings is 2. The van der Waals surface area contributed by atoms with E-state index in [1.807, 2.05) is 22.2 Å². The van der Waals surface area contributed by atoms with Crippen LogP contribution in [-0.2, 0) is 19.1 Å². The molecule has 0 spiro atoms. The van der Waals surface area contributed by atoms with Crippen molar-refractivity contribution in [3.63, 3.8) is 0 Å². The third-order valence-electron chi connectivity index (χ3n) is 13.2. The van der Waals surface area contributed by atoms with E-state index in [1.165, 1.54) is 0 Å². The first kappa shape index (κ1) is 34.8. The fraction of sp³-hybridized carbons (Fsp3) is 0.476. The van der Waals surface area contributed by atoms with E-state index in [9.17, 15) is 19.2 Å². The molecule has 6 aliphatic rings. The molecule has 4 aliphatic carbocycles. The van der Waals surface area contributed by atoms with Crippen molar-refractivity contribution >= 4 is 24.0 Å². The van der Waals surface area contributed by atoms with Gasteiger partial charge in [-0.25, -0.2) is 19.6 Å². The highest BCUT2D eigenvalue weighted by Crippen LogP contribution is 2.55. The zero-order valence-electron chi connectivity index (χ0n) is 31.4. The predicted molar refractivity (Wildman–Crippen MR) is 203 cm³/mol. The van der Waals surface area contributed by atoms with Crippen LogP contribution in [0.15, 0.2) is 48.8 Å². The first-order valence-electron chi connectivity index (χ1n) is 19.9. The van der Waals surface area contributed by atoms with Crippen LogP contribution in [0.3, 0.4) is 0 Å². The summed E-state index contributed by atoms with van der Waals surface area (Å²) in [6.07, 6.45) is 7.22. The molecule has 2 aliphatic heterocycles. The third kappa shape index (κ3) is 6.09. The maximum absolute atomic E-state index is 13.7. The summed E-state index contributed by atoms with van der Waals surface area (Å²) in [6, 6.07) is 12.5. The molecule has 2 aromatic heterocycles. The molecule has 14 nitrogen and oxygen atoms in total. The van der Waals surface area contributed by atoms with Crippen LogP contribution in [0.4, 0.5) is 9.59 Å². The van der Waals surface area contributed by atoms with E-state index in [0.717, 1.165) is 108 Å². The van der Waals surface area contributed by atoms with Crippen molar-refractivity contribution in [2.75, 3.05) is 0 Å². The number of nitrogens with zero attached hydrogens (tertiary/aromatic N) is 4. The van der Waals surface area contributed by atoms with Gasteiger partial charge in [0, 0.05) is 29.5 Å². The van der Waals surface area contributed by atoms with Crippen LogP contribution in [-0.4, -0.2) is 78.0 Å².